The fraction of sp³-hybridized carbons (Fsp3) is 0.667. The quantitative estimate of drug-likeness (QED) is 0.503. The number of methoxy groups -OCH3 is 1. The van der Waals surface area contributed by atoms with Crippen LogP contribution in [0.1, 0.15) is 19.8 Å². The Morgan fingerprint density at radius 1 is 1.29 bits per heavy atom. The minimum atomic E-state index is -1.41. The van der Waals surface area contributed by atoms with Crippen molar-refractivity contribution in [3.05, 3.63) is 0 Å². The molecule has 0 aliphatic rings. The van der Waals surface area contributed by atoms with E-state index in [2.05, 4.69) is 15.4 Å². The molecule has 0 fully saturated rings. The zero-order valence-electron chi connectivity index (χ0n) is 12.3. The molecule has 0 bridgehead atoms. The van der Waals surface area contributed by atoms with Crippen molar-refractivity contribution >= 4 is 23.9 Å². The highest BCUT2D eigenvalue weighted by Crippen LogP contribution is 1.97. The monoisotopic (exact) mass is 303 g/mol. The smallest absolute Gasteiger partial charge is 0.326 e. The average molecular weight is 303 g/mol. The molecule has 0 saturated carbocycles. The molecule has 0 aromatic carbocycles. The molecule has 0 aromatic heterocycles. The number of hydrogen-bond acceptors (Lipinski definition) is 5. The summed E-state index contributed by atoms with van der Waals surface area (Å²) in [5.41, 5.74) is 0. The first-order chi connectivity index (χ1) is 9.81. The van der Waals surface area contributed by atoms with Crippen molar-refractivity contribution in [2.24, 2.45) is 0 Å². The summed E-state index contributed by atoms with van der Waals surface area (Å²) < 4.78 is 4.35. The summed E-state index contributed by atoms with van der Waals surface area (Å²) in [4.78, 5) is 46.2. The van der Waals surface area contributed by atoms with E-state index in [1.807, 2.05) is 6.92 Å². The summed E-state index contributed by atoms with van der Waals surface area (Å²) in [5.74, 6) is -2.47. The number of aliphatic carboxylic acids is 1. The zero-order valence-corrected chi connectivity index (χ0v) is 12.3. The predicted molar refractivity (Wildman–Crippen MR) is 72.5 cm³/mol. The number of carboxylic acids is 1. The Morgan fingerprint density at radius 3 is 2.38 bits per heavy atom. The third-order valence-electron chi connectivity index (χ3n) is 2.49. The van der Waals surface area contributed by atoms with E-state index in [0.717, 1.165) is 18.4 Å². The second kappa shape index (κ2) is 9.56. The van der Waals surface area contributed by atoms with Crippen LogP contribution in [0.2, 0.25) is 0 Å². The van der Waals surface area contributed by atoms with Gasteiger partial charge in [0.05, 0.1) is 13.5 Å². The van der Waals surface area contributed by atoms with Gasteiger partial charge in [-0.3, -0.25) is 9.59 Å². The van der Waals surface area contributed by atoms with Gasteiger partial charge in [0.2, 0.25) is 5.91 Å². The van der Waals surface area contributed by atoms with Gasteiger partial charge in [-0.1, -0.05) is 6.92 Å². The van der Waals surface area contributed by atoms with E-state index in [1.165, 1.54) is 7.05 Å². The summed E-state index contributed by atoms with van der Waals surface area (Å²) >= 11 is 0. The van der Waals surface area contributed by atoms with E-state index in [9.17, 15) is 19.2 Å². The van der Waals surface area contributed by atoms with Crippen LogP contribution in [-0.2, 0) is 19.1 Å². The average Bonchev–Trinajstić information content (AvgIpc) is 2.43. The van der Waals surface area contributed by atoms with Crippen molar-refractivity contribution in [1.82, 2.24) is 15.5 Å². The molecule has 0 heterocycles. The number of carbonyl (C=O) groups is 4. The molecule has 3 N–H and O–H groups in total. The molecule has 0 spiro atoms. The molecule has 0 rings (SSSR count). The van der Waals surface area contributed by atoms with E-state index >= 15 is 0 Å². The van der Waals surface area contributed by atoms with Gasteiger partial charge < -0.3 is 25.4 Å². The fourth-order valence-electron chi connectivity index (χ4n) is 1.32. The second-order valence-electron chi connectivity index (χ2n) is 4.33. The topological polar surface area (TPSA) is 125 Å². The van der Waals surface area contributed by atoms with Crippen molar-refractivity contribution < 1.29 is 29.0 Å². The molecule has 0 saturated heterocycles. The Labute approximate surface area is 122 Å². The van der Waals surface area contributed by atoms with E-state index in [1.54, 1.807) is 0 Å². The number of nitrogens with one attached hydrogen (secondary N) is 2. The van der Waals surface area contributed by atoms with E-state index in [4.69, 9.17) is 5.11 Å². The third-order valence-corrected chi connectivity index (χ3v) is 2.49. The van der Waals surface area contributed by atoms with Gasteiger partial charge in [-0.05, 0) is 6.42 Å². The lowest BCUT2D eigenvalue weighted by Gasteiger charge is -2.20. The van der Waals surface area contributed by atoms with Gasteiger partial charge in [0.1, 0.15) is 12.6 Å². The third kappa shape index (κ3) is 7.75. The second-order valence-corrected chi connectivity index (χ2v) is 4.33. The number of hydrogen-bond donors (Lipinski definition) is 3. The van der Waals surface area contributed by atoms with Gasteiger partial charge >= 0.3 is 18.0 Å². The molecule has 21 heavy (non-hydrogen) atoms. The van der Waals surface area contributed by atoms with Crippen LogP contribution in [0.4, 0.5) is 4.79 Å². The Morgan fingerprint density at radius 2 is 1.90 bits per heavy atom. The maximum atomic E-state index is 11.8. The maximum absolute atomic E-state index is 11.8. The molecule has 0 aliphatic heterocycles. The molecule has 0 aliphatic carbocycles. The number of rotatable bonds is 8. The van der Waals surface area contributed by atoms with Gasteiger partial charge in [-0.2, -0.15) is 0 Å². The SMILES string of the molecule is CCCNC(=O)CN(C)C(=O)N[C@@H](CC(=O)OC)C(=O)O. The molecule has 0 radical (unpaired) electrons. The van der Waals surface area contributed by atoms with Crippen molar-refractivity contribution in [3.63, 3.8) is 0 Å². The highest BCUT2D eigenvalue weighted by atomic mass is 16.5. The number of nitrogens with zero attached hydrogens (tertiary/aromatic N) is 1. The molecule has 0 aromatic rings. The lowest BCUT2D eigenvalue weighted by Crippen LogP contribution is -2.49. The Bertz CT molecular complexity index is 398. The predicted octanol–water partition coefficient (Wildman–Crippen LogP) is -0.830. The fourth-order valence-corrected chi connectivity index (χ4v) is 1.32. The summed E-state index contributed by atoms with van der Waals surface area (Å²) in [6, 6.07) is -2.18. The van der Waals surface area contributed by atoms with Crippen LogP contribution in [0.25, 0.3) is 0 Å². The summed E-state index contributed by atoms with van der Waals surface area (Å²) in [6.07, 6.45) is 0.273. The summed E-state index contributed by atoms with van der Waals surface area (Å²) in [6.45, 7) is 2.17. The molecular formula is C12H21N3O6. The van der Waals surface area contributed by atoms with E-state index in [0.29, 0.717) is 6.54 Å². The van der Waals surface area contributed by atoms with Gasteiger partial charge in [-0.25, -0.2) is 9.59 Å². The van der Waals surface area contributed by atoms with Crippen LogP contribution in [0.3, 0.4) is 0 Å². The maximum Gasteiger partial charge on any atom is 0.326 e. The number of carbonyl (C=O) groups excluding carboxylic acids is 3. The normalized spacial score (nSPS) is 11.2. The highest BCUT2D eigenvalue weighted by molar-refractivity contribution is 5.88. The van der Waals surface area contributed by atoms with Gasteiger partial charge in [0, 0.05) is 13.6 Å². The number of urea groups is 1. The van der Waals surface area contributed by atoms with Gasteiger partial charge in [0.15, 0.2) is 0 Å². The first-order valence-electron chi connectivity index (χ1n) is 6.39. The molecular weight excluding hydrogens is 282 g/mol. The van der Waals surface area contributed by atoms with Gasteiger partial charge in [0.25, 0.3) is 0 Å². The minimum Gasteiger partial charge on any atom is -0.480 e. The molecule has 3 amide bonds. The molecule has 0 unspecified atom stereocenters. The van der Waals surface area contributed by atoms with Crippen molar-refractivity contribution in [2.75, 3.05) is 27.2 Å². The Balaban J connectivity index is 4.44. The number of likely N-dealkylation sites (N-methyl/N-ethyl adjacent to an activating group) is 1. The first kappa shape index (κ1) is 18.7. The van der Waals surface area contributed by atoms with E-state index < -0.39 is 30.4 Å². The van der Waals surface area contributed by atoms with Crippen LogP contribution in [-0.4, -0.2) is 67.2 Å². The molecule has 9 heteroatoms. The first-order valence-corrected chi connectivity index (χ1v) is 6.39. The van der Waals surface area contributed by atoms with Crippen LogP contribution in [0.5, 0.6) is 0 Å². The Kier molecular flexibility index (Phi) is 8.51. The van der Waals surface area contributed by atoms with Crippen LogP contribution in [0.15, 0.2) is 0 Å². The van der Waals surface area contributed by atoms with Crippen molar-refractivity contribution in [2.45, 2.75) is 25.8 Å². The van der Waals surface area contributed by atoms with Crippen LogP contribution >= 0.6 is 0 Å². The van der Waals surface area contributed by atoms with Crippen LogP contribution < -0.4 is 10.6 Å². The molecule has 120 valence electrons. The molecule has 9 nitrogen and oxygen atoms in total. The lowest BCUT2D eigenvalue weighted by molar-refractivity contribution is -0.147. The number of amides is 3. The lowest BCUT2D eigenvalue weighted by atomic mass is 10.2. The number of carboxylic acid groups (broad SMARTS) is 1. The number of ether oxygens (including phenoxy) is 1. The minimum absolute atomic E-state index is 0.212. The number of esters is 1. The standard InChI is InChI=1S/C12H21N3O6/c1-4-5-13-9(16)7-15(2)12(20)14-8(11(18)19)6-10(17)21-3/h8H,4-7H2,1-3H3,(H,13,16)(H,14,20)(H,18,19)/t8-/m0/s1. The zero-order chi connectivity index (χ0) is 16.4. The Hall–Kier alpha value is -2.32. The van der Waals surface area contributed by atoms with Crippen molar-refractivity contribution in [1.29, 1.82) is 0 Å². The van der Waals surface area contributed by atoms with Crippen molar-refractivity contribution in [3.8, 4) is 0 Å². The van der Waals surface area contributed by atoms with E-state index in [-0.39, 0.29) is 12.5 Å². The molecule has 1 atom stereocenters. The van der Waals surface area contributed by atoms with Gasteiger partial charge in [-0.15, -0.1) is 0 Å². The summed E-state index contributed by atoms with van der Waals surface area (Å²) in [5, 5.41) is 13.7. The highest BCUT2D eigenvalue weighted by Gasteiger charge is 2.25. The van der Waals surface area contributed by atoms with Crippen LogP contribution in [0, 0.1) is 0 Å². The summed E-state index contributed by atoms with van der Waals surface area (Å²) in [7, 11) is 2.46. The largest absolute Gasteiger partial charge is 0.480 e.